The molecule has 27 heavy (non-hydrogen) atoms. The highest BCUT2D eigenvalue weighted by Gasteiger charge is 2.07. The maximum atomic E-state index is 13.6. The lowest BCUT2D eigenvalue weighted by molar-refractivity contribution is 0.0949. The third-order valence-electron chi connectivity index (χ3n) is 4.04. The predicted molar refractivity (Wildman–Crippen MR) is 105 cm³/mol. The second kappa shape index (κ2) is 9.14. The van der Waals surface area contributed by atoms with Crippen molar-refractivity contribution >= 4 is 23.2 Å². The number of nitrogens with zero attached hydrogens (tertiary/aromatic N) is 1. The molecule has 0 fully saturated rings. The van der Waals surface area contributed by atoms with Crippen molar-refractivity contribution in [2.45, 2.75) is 13.0 Å². The van der Waals surface area contributed by atoms with E-state index in [1.54, 1.807) is 36.5 Å². The summed E-state index contributed by atoms with van der Waals surface area (Å²) in [6.07, 6.45) is 2.04. The molecule has 0 saturated heterocycles. The lowest BCUT2D eigenvalue weighted by Gasteiger charge is -2.08. The number of halogens is 2. The van der Waals surface area contributed by atoms with Crippen LogP contribution in [0.2, 0.25) is 5.02 Å². The van der Waals surface area contributed by atoms with Gasteiger partial charge < -0.3 is 10.6 Å². The number of carbonyl (C=O) groups is 1. The smallest absolute Gasteiger partial charge is 0.269 e. The van der Waals surface area contributed by atoms with Gasteiger partial charge >= 0.3 is 0 Å². The van der Waals surface area contributed by atoms with Gasteiger partial charge in [0.25, 0.3) is 5.91 Å². The van der Waals surface area contributed by atoms with Gasteiger partial charge in [-0.05, 0) is 47.9 Å². The van der Waals surface area contributed by atoms with Crippen LogP contribution in [0.15, 0.2) is 66.9 Å². The van der Waals surface area contributed by atoms with Crippen LogP contribution >= 0.6 is 11.6 Å². The van der Waals surface area contributed by atoms with Crippen LogP contribution in [0.3, 0.4) is 0 Å². The van der Waals surface area contributed by atoms with Gasteiger partial charge in [-0.1, -0.05) is 41.9 Å². The summed E-state index contributed by atoms with van der Waals surface area (Å²) in [6.45, 7) is 0.977. The van der Waals surface area contributed by atoms with Crippen molar-refractivity contribution in [3.05, 3.63) is 94.5 Å². The van der Waals surface area contributed by atoms with Crippen LogP contribution in [-0.4, -0.2) is 17.4 Å². The average molecular weight is 384 g/mol. The molecule has 1 amide bonds. The summed E-state index contributed by atoms with van der Waals surface area (Å²) in [5, 5.41) is 6.69. The van der Waals surface area contributed by atoms with E-state index >= 15 is 0 Å². The summed E-state index contributed by atoms with van der Waals surface area (Å²) in [7, 11) is 0. The Hall–Kier alpha value is -2.92. The second-order valence-electron chi connectivity index (χ2n) is 6.01. The summed E-state index contributed by atoms with van der Waals surface area (Å²) in [4.78, 5) is 16.3. The molecule has 0 aliphatic heterocycles. The van der Waals surface area contributed by atoms with Crippen LogP contribution in [0.1, 0.15) is 21.6 Å². The first-order valence-corrected chi connectivity index (χ1v) is 8.95. The third kappa shape index (κ3) is 5.53. The van der Waals surface area contributed by atoms with E-state index in [0.29, 0.717) is 35.8 Å². The monoisotopic (exact) mass is 383 g/mol. The van der Waals surface area contributed by atoms with Gasteiger partial charge in [-0.2, -0.15) is 0 Å². The van der Waals surface area contributed by atoms with E-state index in [1.807, 2.05) is 24.3 Å². The fourth-order valence-electron chi connectivity index (χ4n) is 2.54. The van der Waals surface area contributed by atoms with E-state index < -0.39 is 0 Å². The summed E-state index contributed by atoms with van der Waals surface area (Å²) in [5.74, 6) is -0.545. The molecule has 0 bridgehead atoms. The standard InChI is InChI=1S/C21H19ClFN3O/c22-17-7-5-15(6-8-17)13-25-18-9-10-20(26-14-18)21(27)24-12-11-16-3-1-2-4-19(16)23/h1-10,14,25H,11-13H2,(H,24,27). The summed E-state index contributed by atoms with van der Waals surface area (Å²) < 4.78 is 13.6. The van der Waals surface area contributed by atoms with E-state index in [9.17, 15) is 9.18 Å². The number of hydrogen-bond acceptors (Lipinski definition) is 3. The number of hydrogen-bond donors (Lipinski definition) is 2. The Kier molecular flexibility index (Phi) is 6.39. The predicted octanol–water partition coefficient (Wildman–Crippen LogP) is 4.46. The molecule has 0 saturated carbocycles. The van der Waals surface area contributed by atoms with Crippen molar-refractivity contribution in [3.8, 4) is 0 Å². The van der Waals surface area contributed by atoms with Gasteiger partial charge in [-0.25, -0.2) is 9.37 Å². The first kappa shape index (κ1) is 18.9. The van der Waals surface area contributed by atoms with Gasteiger partial charge in [0.2, 0.25) is 0 Å². The minimum atomic E-state index is -0.282. The van der Waals surface area contributed by atoms with Crippen molar-refractivity contribution in [1.82, 2.24) is 10.3 Å². The Morgan fingerprint density at radius 3 is 2.52 bits per heavy atom. The second-order valence-corrected chi connectivity index (χ2v) is 6.45. The van der Waals surface area contributed by atoms with E-state index in [4.69, 9.17) is 11.6 Å². The van der Waals surface area contributed by atoms with Crippen LogP contribution < -0.4 is 10.6 Å². The summed E-state index contributed by atoms with van der Waals surface area (Å²) in [5.41, 5.74) is 2.80. The molecular formula is C21H19ClFN3O. The van der Waals surface area contributed by atoms with Gasteiger partial charge in [0.05, 0.1) is 11.9 Å². The molecule has 1 aromatic heterocycles. The van der Waals surface area contributed by atoms with Gasteiger partial charge in [0.15, 0.2) is 0 Å². The Morgan fingerprint density at radius 2 is 1.81 bits per heavy atom. The highest BCUT2D eigenvalue weighted by Crippen LogP contribution is 2.12. The Balaban J connectivity index is 1.48. The number of rotatable bonds is 7. The molecule has 3 rings (SSSR count). The van der Waals surface area contributed by atoms with E-state index in [-0.39, 0.29) is 11.7 Å². The van der Waals surface area contributed by atoms with Gasteiger partial charge in [-0.3, -0.25) is 4.79 Å². The zero-order valence-electron chi connectivity index (χ0n) is 14.6. The normalized spacial score (nSPS) is 10.4. The van der Waals surface area contributed by atoms with Gasteiger partial charge in [0.1, 0.15) is 11.5 Å². The summed E-state index contributed by atoms with van der Waals surface area (Å²) >= 11 is 5.87. The zero-order chi connectivity index (χ0) is 19.1. The first-order chi connectivity index (χ1) is 13.1. The number of amides is 1. The van der Waals surface area contributed by atoms with Crippen molar-refractivity contribution in [3.63, 3.8) is 0 Å². The molecule has 0 spiro atoms. The lowest BCUT2D eigenvalue weighted by Crippen LogP contribution is -2.26. The quantitative estimate of drug-likeness (QED) is 0.633. The van der Waals surface area contributed by atoms with Crippen LogP contribution in [0, 0.1) is 5.82 Å². The lowest BCUT2D eigenvalue weighted by atomic mass is 10.1. The fourth-order valence-corrected chi connectivity index (χ4v) is 2.67. The number of anilines is 1. The Labute approximate surface area is 162 Å². The van der Waals surface area contributed by atoms with Crippen molar-refractivity contribution in [2.24, 2.45) is 0 Å². The number of nitrogens with one attached hydrogen (secondary N) is 2. The topological polar surface area (TPSA) is 54.0 Å². The summed E-state index contributed by atoms with van der Waals surface area (Å²) in [6, 6.07) is 17.6. The number of aromatic nitrogens is 1. The number of pyridine rings is 1. The Morgan fingerprint density at radius 1 is 1.04 bits per heavy atom. The molecule has 6 heteroatoms. The maximum Gasteiger partial charge on any atom is 0.269 e. The molecule has 0 aliphatic rings. The van der Waals surface area contributed by atoms with Crippen LogP contribution in [0.25, 0.3) is 0 Å². The zero-order valence-corrected chi connectivity index (χ0v) is 15.3. The largest absolute Gasteiger partial charge is 0.380 e. The van der Waals surface area contributed by atoms with E-state index in [1.165, 1.54) is 6.07 Å². The molecule has 0 aliphatic carbocycles. The third-order valence-corrected chi connectivity index (χ3v) is 4.30. The molecule has 0 radical (unpaired) electrons. The Bertz CT molecular complexity index is 898. The number of carbonyl (C=O) groups excluding carboxylic acids is 1. The van der Waals surface area contributed by atoms with Crippen molar-refractivity contribution in [1.29, 1.82) is 0 Å². The van der Waals surface area contributed by atoms with E-state index in [2.05, 4.69) is 15.6 Å². The molecule has 0 atom stereocenters. The SMILES string of the molecule is O=C(NCCc1ccccc1F)c1ccc(NCc2ccc(Cl)cc2)cn1. The average Bonchev–Trinajstić information content (AvgIpc) is 2.69. The molecular weight excluding hydrogens is 365 g/mol. The first-order valence-electron chi connectivity index (χ1n) is 8.58. The molecule has 3 aromatic rings. The fraction of sp³-hybridized carbons (Fsp3) is 0.143. The van der Waals surface area contributed by atoms with Crippen molar-refractivity contribution in [2.75, 3.05) is 11.9 Å². The van der Waals surface area contributed by atoms with Gasteiger partial charge in [-0.15, -0.1) is 0 Å². The molecule has 2 aromatic carbocycles. The highest BCUT2D eigenvalue weighted by atomic mass is 35.5. The molecule has 1 heterocycles. The van der Waals surface area contributed by atoms with Gasteiger partial charge in [0, 0.05) is 18.1 Å². The van der Waals surface area contributed by atoms with Crippen LogP contribution in [0.4, 0.5) is 10.1 Å². The maximum absolute atomic E-state index is 13.6. The van der Waals surface area contributed by atoms with Crippen LogP contribution in [-0.2, 0) is 13.0 Å². The van der Waals surface area contributed by atoms with E-state index in [0.717, 1.165) is 11.3 Å². The molecule has 138 valence electrons. The number of benzene rings is 2. The van der Waals surface area contributed by atoms with Crippen molar-refractivity contribution < 1.29 is 9.18 Å². The highest BCUT2D eigenvalue weighted by molar-refractivity contribution is 6.30. The minimum Gasteiger partial charge on any atom is -0.380 e. The molecule has 0 unspecified atom stereocenters. The molecule has 2 N–H and O–H groups in total. The minimum absolute atomic E-state index is 0.263. The molecule has 4 nitrogen and oxygen atoms in total. The van der Waals surface area contributed by atoms with Crippen LogP contribution in [0.5, 0.6) is 0 Å².